The van der Waals surface area contributed by atoms with Crippen molar-refractivity contribution in [1.82, 2.24) is 0 Å². The maximum absolute atomic E-state index is 7.09. The summed E-state index contributed by atoms with van der Waals surface area (Å²) in [5, 5.41) is 3.57. The van der Waals surface area contributed by atoms with Gasteiger partial charge in [-0.15, -0.1) is 0 Å². The molecule has 0 radical (unpaired) electrons. The topological polar surface area (TPSA) is 49.0 Å². The summed E-state index contributed by atoms with van der Waals surface area (Å²) >= 11 is 0. The zero-order valence-corrected chi connectivity index (χ0v) is 19.4. The van der Waals surface area contributed by atoms with Crippen LogP contribution in [0, 0.1) is 0 Å². The smallest absolute Gasteiger partial charge is 0.203 e. The second kappa shape index (κ2) is 9.12. The van der Waals surface area contributed by atoms with E-state index in [4.69, 9.17) is 18.9 Å². The van der Waals surface area contributed by atoms with E-state index in [2.05, 4.69) is 41.7 Å². The molecular formula is C29H27NO4. The summed E-state index contributed by atoms with van der Waals surface area (Å²) in [7, 11) is 4.84. The van der Waals surface area contributed by atoms with E-state index in [1.54, 1.807) is 21.3 Å². The first-order valence-electron chi connectivity index (χ1n) is 11.2. The molecule has 0 aliphatic carbocycles. The first kappa shape index (κ1) is 21.9. The fourth-order valence-electron chi connectivity index (χ4n) is 4.76. The molecule has 0 aromatic heterocycles. The molecule has 0 amide bonds. The molecule has 1 aliphatic rings. The summed E-state index contributed by atoms with van der Waals surface area (Å²) < 4.78 is 24.0. The Kier molecular flexibility index (Phi) is 5.86. The van der Waals surface area contributed by atoms with Gasteiger partial charge in [0.05, 0.1) is 21.3 Å². The van der Waals surface area contributed by atoms with Crippen LogP contribution in [-0.4, -0.2) is 21.3 Å². The van der Waals surface area contributed by atoms with Crippen LogP contribution in [-0.2, 0) is 10.3 Å². The summed E-state index contributed by atoms with van der Waals surface area (Å²) in [4.78, 5) is 0. The van der Waals surface area contributed by atoms with E-state index in [9.17, 15) is 0 Å². The summed E-state index contributed by atoms with van der Waals surface area (Å²) in [5.41, 5.74) is 4.09. The molecule has 172 valence electrons. The second-order valence-electron chi connectivity index (χ2n) is 8.02. The molecule has 0 fully saturated rings. The monoisotopic (exact) mass is 453 g/mol. The van der Waals surface area contributed by atoms with Gasteiger partial charge >= 0.3 is 0 Å². The van der Waals surface area contributed by atoms with Crippen LogP contribution >= 0.6 is 0 Å². The molecule has 4 aromatic carbocycles. The van der Waals surface area contributed by atoms with Crippen molar-refractivity contribution >= 4 is 5.69 Å². The van der Waals surface area contributed by atoms with Gasteiger partial charge in [0, 0.05) is 16.8 Å². The van der Waals surface area contributed by atoms with Crippen molar-refractivity contribution in [3.8, 4) is 17.2 Å². The molecule has 1 aliphatic heterocycles. The van der Waals surface area contributed by atoms with Crippen molar-refractivity contribution in [2.75, 3.05) is 26.6 Å². The Morgan fingerprint density at radius 3 is 1.82 bits per heavy atom. The molecule has 0 unspecified atom stereocenters. The van der Waals surface area contributed by atoms with Gasteiger partial charge in [-0.2, -0.15) is 0 Å². The molecule has 1 atom stereocenters. The standard InChI is InChI=1S/C29H27NO4/c1-31-25-19-18-22(26(32-2)27(25)33-3)28-30-24-17-11-10-16-23(24)29(34-28,20-12-6-4-7-13-20)21-14-8-5-9-15-21/h4-19,28,30H,1-3H3/t28-/m0/s1. The molecule has 5 rings (SSSR count). The van der Waals surface area contributed by atoms with E-state index in [0.29, 0.717) is 17.2 Å². The van der Waals surface area contributed by atoms with Crippen molar-refractivity contribution in [1.29, 1.82) is 0 Å². The summed E-state index contributed by atoms with van der Waals surface area (Å²) in [6.45, 7) is 0. The number of fused-ring (bicyclic) bond motifs is 1. The van der Waals surface area contributed by atoms with Crippen molar-refractivity contribution in [2.45, 2.75) is 11.8 Å². The number of rotatable bonds is 6. The first-order valence-corrected chi connectivity index (χ1v) is 11.2. The lowest BCUT2D eigenvalue weighted by molar-refractivity contribution is -0.0441. The summed E-state index contributed by atoms with van der Waals surface area (Å²) in [6.07, 6.45) is -0.523. The highest BCUT2D eigenvalue weighted by Crippen LogP contribution is 2.52. The number of benzene rings is 4. The Balaban J connectivity index is 1.77. The van der Waals surface area contributed by atoms with Crippen LogP contribution in [0.25, 0.3) is 0 Å². The minimum atomic E-state index is -0.840. The van der Waals surface area contributed by atoms with Crippen molar-refractivity contribution < 1.29 is 18.9 Å². The Hall–Kier alpha value is -3.96. The Labute approximate surface area is 199 Å². The molecule has 1 heterocycles. The third kappa shape index (κ3) is 3.45. The highest BCUT2D eigenvalue weighted by molar-refractivity contribution is 5.65. The van der Waals surface area contributed by atoms with Crippen LogP contribution in [0.4, 0.5) is 5.69 Å². The van der Waals surface area contributed by atoms with E-state index in [-0.39, 0.29) is 0 Å². The van der Waals surface area contributed by atoms with Crippen LogP contribution in [0.2, 0.25) is 0 Å². The van der Waals surface area contributed by atoms with E-state index in [1.807, 2.05) is 60.7 Å². The molecule has 0 saturated heterocycles. The van der Waals surface area contributed by atoms with Gasteiger partial charge in [-0.1, -0.05) is 78.9 Å². The minimum Gasteiger partial charge on any atom is -0.493 e. The Morgan fingerprint density at radius 1 is 0.647 bits per heavy atom. The quantitative estimate of drug-likeness (QED) is 0.380. The van der Waals surface area contributed by atoms with E-state index < -0.39 is 11.8 Å². The normalized spacial score (nSPS) is 16.1. The lowest BCUT2D eigenvalue weighted by atomic mass is 9.78. The molecular weight excluding hydrogens is 426 g/mol. The van der Waals surface area contributed by atoms with Crippen molar-refractivity contribution in [2.24, 2.45) is 0 Å². The third-order valence-corrected chi connectivity index (χ3v) is 6.27. The molecule has 1 N–H and O–H groups in total. The maximum Gasteiger partial charge on any atom is 0.203 e. The zero-order valence-electron chi connectivity index (χ0n) is 19.4. The summed E-state index contributed by atoms with van der Waals surface area (Å²) in [6, 6.07) is 32.7. The largest absolute Gasteiger partial charge is 0.493 e. The van der Waals surface area contributed by atoms with Crippen LogP contribution in [0.1, 0.15) is 28.5 Å². The number of ether oxygens (including phenoxy) is 4. The lowest BCUT2D eigenvalue weighted by Crippen LogP contribution is -2.40. The first-order chi connectivity index (χ1) is 16.7. The van der Waals surface area contributed by atoms with E-state index in [0.717, 1.165) is 27.9 Å². The van der Waals surface area contributed by atoms with Gasteiger partial charge in [0.15, 0.2) is 17.7 Å². The number of anilines is 1. The van der Waals surface area contributed by atoms with Gasteiger partial charge in [-0.25, -0.2) is 0 Å². The number of para-hydroxylation sites is 1. The SMILES string of the molecule is COc1ccc([C@H]2Nc3ccccc3C(c3ccccc3)(c3ccccc3)O2)c(OC)c1OC. The van der Waals surface area contributed by atoms with Gasteiger partial charge in [0.2, 0.25) is 5.75 Å². The van der Waals surface area contributed by atoms with Crippen LogP contribution < -0.4 is 19.5 Å². The summed E-state index contributed by atoms with van der Waals surface area (Å²) in [5.74, 6) is 1.68. The van der Waals surface area contributed by atoms with Gasteiger partial charge < -0.3 is 24.3 Å². The van der Waals surface area contributed by atoms with E-state index >= 15 is 0 Å². The van der Waals surface area contributed by atoms with Crippen molar-refractivity contribution in [3.05, 3.63) is 119 Å². The molecule has 34 heavy (non-hydrogen) atoms. The average Bonchev–Trinajstić information content (AvgIpc) is 2.92. The highest BCUT2D eigenvalue weighted by atomic mass is 16.5. The van der Waals surface area contributed by atoms with Gasteiger partial charge in [-0.05, 0) is 29.3 Å². The molecule has 0 bridgehead atoms. The molecule has 4 aromatic rings. The fraction of sp³-hybridized carbons (Fsp3) is 0.172. The zero-order chi connectivity index (χ0) is 23.5. The third-order valence-electron chi connectivity index (χ3n) is 6.27. The predicted octanol–water partition coefficient (Wildman–Crippen LogP) is 6.15. The van der Waals surface area contributed by atoms with E-state index in [1.165, 1.54) is 0 Å². The predicted molar refractivity (Wildman–Crippen MR) is 133 cm³/mol. The van der Waals surface area contributed by atoms with Gasteiger partial charge in [-0.3, -0.25) is 0 Å². The average molecular weight is 454 g/mol. The number of nitrogens with one attached hydrogen (secondary N) is 1. The second-order valence-corrected chi connectivity index (χ2v) is 8.02. The van der Waals surface area contributed by atoms with Gasteiger partial charge in [0.1, 0.15) is 5.60 Å². The highest BCUT2D eigenvalue weighted by Gasteiger charge is 2.45. The number of hydrogen-bond acceptors (Lipinski definition) is 5. The van der Waals surface area contributed by atoms with Crippen LogP contribution in [0.15, 0.2) is 97.1 Å². The Morgan fingerprint density at radius 2 is 1.24 bits per heavy atom. The molecule has 0 spiro atoms. The minimum absolute atomic E-state index is 0.523. The molecule has 5 nitrogen and oxygen atoms in total. The van der Waals surface area contributed by atoms with Crippen molar-refractivity contribution in [3.63, 3.8) is 0 Å². The maximum atomic E-state index is 7.09. The van der Waals surface area contributed by atoms with Crippen LogP contribution in [0.3, 0.4) is 0 Å². The molecule has 5 heteroatoms. The fourth-order valence-corrected chi connectivity index (χ4v) is 4.76. The lowest BCUT2D eigenvalue weighted by Gasteiger charge is -2.44. The van der Waals surface area contributed by atoms with Gasteiger partial charge in [0.25, 0.3) is 0 Å². The number of methoxy groups -OCH3 is 3. The molecule has 0 saturated carbocycles. The van der Waals surface area contributed by atoms with Crippen LogP contribution in [0.5, 0.6) is 17.2 Å². The number of hydrogen-bond donors (Lipinski definition) is 1. The Bertz CT molecular complexity index is 1230.